The van der Waals surface area contributed by atoms with E-state index >= 15 is 0 Å². The molecule has 8 aromatic carbocycles. The number of rotatable bonds is 6. The molecule has 0 fully saturated rings. The summed E-state index contributed by atoms with van der Waals surface area (Å²) in [5, 5.41) is 5.89. The van der Waals surface area contributed by atoms with Crippen LogP contribution in [0, 0.1) is 0 Å². The van der Waals surface area contributed by atoms with Crippen LogP contribution in [-0.4, -0.2) is 19.9 Å². The number of hydrogen-bond acceptors (Lipinski definition) is 4. The fourth-order valence-corrected chi connectivity index (χ4v) is 7.50. The Labute approximate surface area is 313 Å². The number of nitrogens with zero attached hydrogens (tertiary/aromatic N) is 4. The van der Waals surface area contributed by atoms with Crippen molar-refractivity contribution in [1.82, 2.24) is 19.9 Å². The van der Waals surface area contributed by atoms with E-state index in [1.165, 1.54) is 21.7 Å². The van der Waals surface area contributed by atoms with E-state index in [2.05, 4.69) is 133 Å². The van der Waals surface area contributed by atoms with Crippen molar-refractivity contribution in [2.75, 3.05) is 0 Å². The summed E-state index contributed by atoms with van der Waals surface area (Å²) in [6.45, 7) is 0. The monoisotopic (exact) mass is 688 g/mol. The van der Waals surface area contributed by atoms with Gasteiger partial charge in [-0.2, -0.15) is 0 Å². The van der Waals surface area contributed by atoms with Crippen LogP contribution in [0.4, 0.5) is 0 Å². The van der Waals surface area contributed by atoms with E-state index in [0.29, 0.717) is 17.5 Å². The molecule has 0 saturated carbocycles. The highest BCUT2D eigenvalue weighted by Crippen LogP contribution is 2.41. The first kappa shape index (κ1) is 31.4. The fraction of sp³-hybridized carbons (Fsp3) is 0. The zero-order valence-electron chi connectivity index (χ0n) is 29.3. The first-order valence-electron chi connectivity index (χ1n) is 18.1. The summed E-state index contributed by atoms with van der Waals surface area (Å²) in [7, 11) is 0. The third-order valence-electron chi connectivity index (χ3n) is 10.1. The topological polar surface area (TPSA) is 51.6 Å². The van der Waals surface area contributed by atoms with Crippen LogP contribution in [0.25, 0.3) is 100 Å². The predicted octanol–water partition coefficient (Wildman–Crippen LogP) is 12.7. The minimum Gasteiger partial charge on any atom is -0.247 e. The second kappa shape index (κ2) is 13.4. The van der Waals surface area contributed by atoms with Crippen LogP contribution in [0.15, 0.2) is 194 Å². The van der Waals surface area contributed by atoms with Gasteiger partial charge in [-0.25, -0.2) is 19.9 Å². The third kappa shape index (κ3) is 5.67. The fourth-order valence-electron chi connectivity index (χ4n) is 7.50. The highest BCUT2D eigenvalue weighted by molar-refractivity contribution is 6.18. The van der Waals surface area contributed by atoms with E-state index in [4.69, 9.17) is 19.9 Å². The Morgan fingerprint density at radius 2 is 0.759 bits per heavy atom. The van der Waals surface area contributed by atoms with Crippen molar-refractivity contribution in [1.29, 1.82) is 0 Å². The highest BCUT2D eigenvalue weighted by Gasteiger charge is 2.17. The predicted molar refractivity (Wildman–Crippen MR) is 223 cm³/mol. The molecule has 0 bridgehead atoms. The molecule has 0 aliphatic carbocycles. The van der Waals surface area contributed by atoms with Gasteiger partial charge in [-0.15, -0.1) is 0 Å². The molecule has 0 saturated heterocycles. The van der Waals surface area contributed by atoms with Gasteiger partial charge in [0, 0.05) is 38.4 Å². The molecule has 0 aliphatic heterocycles. The van der Waals surface area contributed by atoms with Crippen molar-refractivity contribution in [3.05, 3.63) is 194 Å². The van der Waals surface area contributed by atoms with Gasteiger partial charge in [-0.1, -0.05) is 182 Å². The lowest BCUT2D eigenvalue weighted by atomic mass is 9.90. The Morgan fingerprint density at radius 1 is 0.278 bits per heavy atom. The second-order valence-electron chi connectivity index (χ2n) is 13.4. The average Bonchev–Trinajstić information content (AvgIpc) is 3.26. The van der Waals surface area contributed by atoms with Crippen LogP contribution in [0.3, 0.4) is 0 Å². The molecule has 4 heteroatoms. The van der Waals surface area contributed by atoms with Crippen molar-refractivity contribution in [2.45, 2.75) is 0 Å². The molecule has 252 valence electrons. The molecule has 0 radical (unpaired) electrons. The molecule has 0 atom stereocenters. The van der Waals surface area contributed by atoms with E-state index in [1.54, 1.807) is 0 Å². The van der Waals surface area contributed by atoms with Gasteiger partial charge >= 0.3 is 0 Å². The van der Waals surface area contributed by atoms with Crippen LogP contribution in [0.2, 0.25) is 0 Å². The first-order valence-corrected chi connectivity index (χ1v) is 18.1. The first-order chi connectivity index (χ1) is 26.8. The van der Waals surface area contributed by atoms with Crippen LogP contribution in [0.5, 0.6) is 0 Å². The molecule has 0 aliphatic rings. The third-order valence-corrected chi connectivity index (χ3v) is 10.1. The van der Waals surface area contributed by atoms with E-state index in [1.807, 2.05) is 60.7 Å². The Balaban J connectivity index is 1.07. The maximum Gasteiger partial charge on any atom is 0.164 e. The minimum absolute atomic E-state index is 0.640. The quantitative estimate of drug-likeness (QED) is 0.163. The molecular formula is C50H32N4. The Bertz CT molecular complexity index is 2910. The molecule has 4 nitrogen and oxygen atoms in total. The molecule has 10 aromatic rings. The van der Waals surface area contributed by atoms with Crippen LogP contribution in [-0.2, 0) is 0 Å². The SMILES string of the molecule is c1ccc(-c2nc(-c3ccccc3)nc(-c3ccc(-c4cccc(-c5cccc6c(-c7cccc8ccccc78)nc7ccccc7c56)c4)cc3)n2)cc1. The Morgan fingerprint density at radius 3 is 1.48 bits per heavy atom. The average molecular weight is 689 g/mol. The molecule has 0 spiro atoms. The minimum atomic E-state index is 0.640. The zero-order chi connectivity index (χ0) is 35.8. The summed E-state index contributed by atoms with van der Waals surface area (Å²) in [5.41, 5.74) is 10.5. The molecule has 0 amide bonds. The van der Waals surface area contributed by atoms with Crippen molar-refractivity contribution in [3.8, 4) is 67.7 Å². The van der Waals surface area contributed by atoms with Gasteiger partial charge < -0.3 is 0 Å². The molecular weight excluding hydrogens is 657 g/mol. The van der Waals surface area contributed by atoms with Gasteiger partial charge in [0.25, 0.3) is 0 Å². The molecule has 54 heavy (non-hydrogen) atoms. The lowest BCUT2D eigenvalue weighted by Crippen LogP contribution is -2.00. The Hall–Kier alpha value is -7.30. The second-order valence-corrected chi connectivity index (χ2v) is 13.4. The molecule has 0 N–H and O–H groups in total. The standard InChI is InChI=1S/C50H32N4/c1-3-15-35(16-4-1)48-52-49(36-17-5-2-6-18-36)54-50(53-48)37-30-28-33(29-31-37)38-20-11-21-39(32-38)41-24-13-26-44-46(41)43-23-9-10-27-45(43)51-47(44)42-25-12-19-34-14-7-8-22-40(34)42/h1-32H. The number of pyridine rings is 1. The number of aromatic nitrogens is 4. The number of benzene rings is 8. The van der Waals surface area contributed by atoms with Crippen LogP contribution >= 0.6 is 0 Å². The smallest absolute Gasteiger partial charge is 0.164 e. The summed E-state index contributed by atoms with van der Waals surface area (Å²) < 4.78 is 0. The van der Waals surface area contributed by atoms with Gasteiger partial charge in [0.1, 0.15) is 0 Å². The molecule has 0 unspecified atom stereocenters. The van der Waals surface area contributed by atoms with Gasteiger partial charge in [0.15, 0.2) is 17.5 Å². The van der Waals surface area contributed by atoms with Crippen molar-refractivity contribution < 1.29 is 0 Å². The maximum absolute atomic E-state index is 5.29. The van der Waals surface area contributed by atoms with E-state index in [9.17, 15) is 0 Å². The highest BCUT2D eigenvalue weighted by atomic mass is 15.0. The van der Waals surface area contributed by atoms with Gasteiger partial charge in [0.2, 0.25) is 0 Å². The van der Waals surface area contributed by atoms with Crippen molar-refractivity contribution in [2.24, 2.45) is 0 Å². The van der Waals surface area contributed by atoms with E-state index < -0.39 is 0 Å². The number of fused-ring (bicyclic) bond motifs is 4. The van der Waals surface area contributed by atoms with Crippen LogP contribution in [0.1, 0.15) is 0 Å². The summed E-state index contributed by atoms with van der Waals surface area (Å²) in [6, 6.07) is 67.6. The van der Waals surface area contributed by atoms with Crippen molar-refractivity contribution in [3.63, 3.8) is 0 Å². The summed E-state index contributed by atoms with van der Waals surface area (Å²) in [4.78, 5) is 20.0. The maximum atomic E-state index is 5.29. The number of hydrogen-bond donors (Lipinski definition) is 0. The van der Waals surface area contributed by atoms with Gasteiger partial charge in [-0.05, 0) is 45.2 Å². The normalized spacial score (nSPS) is 11.3. The van der Waals surface area contributed by atoms with E-state index in [-0.39, 0.29) is 0 Å². The summed E-state index contributed by atoms with van der Waals surface area (Å²) >= 11 is 0. The van der Waals surface area contributed by atoms with Crippen molar-refractivity contribution >= 4 is 32.4 Å². The lowest BCUT2D eigenvalue weighted by molar-refractivity contribution is 1.07. The molecule has 10 rings (SSSR count). The number of para-hydroxylation sites is 1. The Kier molecular flexibility index (Phi) is 7.77. The van der Waals surface area contributed by atoms with Crippen LogP contribution < -0.4 is 0 Å². The van der Waals surface area contributed by atoms with Gasteiger partial charge in [0.05, 0.1) is 11.2 Å². The molecule has 2 aromatic heterocycles. The zero-order valence-corrected chi connectivity index (χ0v) is 29.3. The lowest BCUT2D eigenvalue weighted by Gasteiger charge is -2.16. The summed E-state index contributed by atoms with van der Waals surface area (Å²) in [5.74, 6) is 1.94. The largest absolute Gasteiger partial charge is 0.247 e. The van der Waals surface area contributed by atoms with Gasteiger partial charge in [-0.3, -0.25) is 0 Å². The van der Waals surface area contributed by atoms with E-state index in [0.717, 1.165) is 60.9 Å². The summed E-state index contributed by atoms with van der Waals surface area (Å²) in [6.07, 6.45) is 0. The molecule has 2 heterocycles.